The van der Waals surface area contributed by atoms with E-state index in [1.807, 2.05) is 0 Å². The Morgan fingerprint density at radius 3 is 2.30 bits per heavy atom. The Hall–Kier alpha value is -0.980. The molecule has 0 unspecified atom stereocenters. The van der Waals surface area contributed by atoms with Crippen molar-refractivity contribution < 1.29 is 9.53 Å². The highest BCUT2D eigenvalue weighted by Gasteiger charge is 2.54. The lowest BCUT2D eigenvalue weighted by atomic mass is 9.49. The minimum absolute atomic E-state index is 0.142. The normalized spacial score (nSPS) is 36.5. The van der Waals surface area contributed by atoms with Crippen LogP contribution in [0.5, 0.6) is 0 Å². The van der Waals surface area contributed by atoms with Crippen LogP contribution in [-0.4, -0.2) is 41.7 Å². The summed E-state index contributed by atoms with van der Waals surface area (Å²) < 4.78 is 7.73. The fourth-order valence-electron chi connectivity index (χ4n) is 6.37. The highest BCUT2D eigenvalue weighted by Crippen LogP contribution is 2.60. The number of carbonyl (C=O) groups is 1. The van der Waals surface area contributed by atoms with Gasteiger partial charge in [0.2, 0.25) is 0 Å². The maximum absolute atomic E-state index is 13.4. The third kappa shape index (κ3) is 3.23. The lowest BCUT2D eigenvalue weighted by Crippen LogP contribution is -2.50. The molecule has 0 spiro atoms. The third-order valence-electron chi connectivity index (χ3n) is 7.52. The average molecular weight is 390 g/mol. The quantitative estimate of drug-likeness (QED) is 0.798. The largest absolute Gasteiger partial charge is 0.379 e. The smallest absolute Gasteiger partial charge is 0.254 e. The van der Waals surface area contributed by atoms with Crippen LogP contribution in [0.3, 0.4) is 0 Å². The van der Waals surface area contributed by atoms with Crippen LogP contribution in [0.4, 0.5) is 0 Å². The predicted octanol–water partition coefficient (Wildman–Crippen LogP) is 3.10. The molecular formula is C21H31N3O2S. The Kier molecular flexibility index (Phi) is 4.56. The van der Waals surface area contributed by atoms with E-state index in [-0.39, 0.29) is 11.3 Å². The Bertz CT molecular complexity index is 768. The van der Waals surface area contributed by atoms with Crippen LogP contribution in [0.2, 0.25) is 0 Å². The summed E-state index contributed by atoms with van der Waals surface area (Å²) >= 11 is 1.68. The molecule has 1 aromatic rings. The van der Waals surface area contributed by atoms with Gasteiger partial charge in [0.05, 0.1) is 25.3 Å². The predicted molar refractivity (Wildman–Crippen MR) is 105 cm³/mol. The summed E-state index contributed by atoms with van der Waals surface area (Å²) in [6.45, 7) is 8.59. The van der Waals surface area contributed by atoms with Gasteiger partial charge in [0.25, 0.3) is 5.91 Å². The Labute approximate surface area is 165 Å². The number of thiazole rings is 1. The third-order valence-corrected chi connectivity index (χ3v) is 8.62. The summed E-state index contributed by atoms with van der Waals surface area (Å²) in [6.07, 6.45) is 7.36. The van der Waals surface area contributed by atoms with Crippen LogP contribution in [0.15, 0.2) is 4.99 Å². The van der Waals surface area contributed by atoms with Crippen molar-refractivity contribution in [2.45, 2.75) is 59.0 Å². The van der Waals surface area contributed by atoms with Crippen molar-refractivity contribution >= 4 is 17.2 Å². The van der Waals surface area contributed by atoms with Gasteiger partial charge in [-0.3, -0.25) is 9.69 Å². The first-order valence-corrected chi connectivity index (χ1v) is 11.4. The molecule has 0 aromatic carbocycles. The van der Waals surface area contributed by atoms with Crippen LogP contribution < -0.4 is 4.80 Å². The molecule has 0 N–H and O–H groups in total. The number of carbonyl (C=O) groups excluding carboxylic acids is 1. The van der Waals surface area contributed by atoms with Gasteiger partial charge in [-0.1, -0.05) is 0 Å². The molecule has 0 radical (unpaired) electrons. The van der Waals surface area contributed by atoms with Gasteiger partial charge >= 0.3 is 0 Å². The number of aryl methyl sites for hydroxylation is 1. The maximum Gasteiger partial charge on any atom is 0.254 e. The van der Waals surface area contributed by atoms with Gasteiger partial charge in [0.15, 0.2) is 4.80 Å². The molecule has 6 heteroatoms. The van der Waals surface area contributed by atoms with Gasteiger partial charge < -0.3 is 9.30 Å². The summed E-state index contributed by atoms with van der Waals surface area (Å²) in [7, 11) is 0. The summed E-state index contributed by atoms with van der Waals surface area (Å²) in [5.74, 6) is 2.52. The van der Waals surface area contributed by atoms with Crippen molar-refractivity contribution in [1.29, 1.82) is 0 Å². The second-order valence-corrected chi connectivity index (χ2v) is 10.6. The molecule has 148 valence electrons. The molecule has 1 saturated heterocycles. The lowest BCUT2D eigenvalue weighted by Gasteiger charge is -2.55. The fraction of sp³-hybridized carbons (Fsp3) is 0.810. The fourth-order valence-corrected chi connectivity index (χ4v) is 7.33. The van der Waals surface area contributed by atoms with Gasteiger partial charge in [-0.25, -0.2) is 0 Å². The molecule has 27 heavy (non-hydrogen) atoms. The number of nitrogens with zero attached hydrogens (tertiary/aromatic N) is 3. The van der Waals surface area contributed by atoms with Gasteiger partial charge in [0.1, 0.15) is 0 Å². The summed E-state index contributed by atoms with van der Waals surface area (Å²) in [4.78, 5) is 22.8. The van der Waals surface area contributed by atoms with Crippen LogP contribution in [0.25, 0.3) is 0 Å². The number of rotatable bonds is 3. The van der Waals surface area contributed by atoms with E-state index in [0.717, 1.165) is 74.8 Å². The zero-order valence-corrected chi connectivity index (χ0v) is 17.4. The molecule has 5 aliphatic rings. The van der Waals surface area contributed by atoms with E-state index < -0.39 is 0 Å². The minimum atomic E-state index is -0.142. The standard InChI is InChI=1S/C21H31N3O2S/c1-14-15(2)27-20(24(14)13-23-3-5-26-6-4-23)22-19(25)21-10-16-7-17(11-21)9-18(8-16)12-21/h16-18H,3-13H2,1-2H3. The van der Waals surface area contributed by atoms with Crippen molar-refractivity contribution in [3.05, 3.63) is 15.4 Å². The first-order valence-electron chi connectivity index (χ1n) is 10.6. The summed E-state index contributed by atoms with van der Waals surface area (Å²) in [6, 6.07) is 0. The van der Waals surface area contributed by atoms with E-state index in [0.29, 0.717) is 0 Å². The molecule has 6 rings (SSSR count). The zero-order chi connectivity index (χ0) is 18.6. The van der Waals surface area contributed by atoms with E-state index in [2.05, 4.69) is 23.3 Å². The number of morpholine rings is 1. The summed E-state index contributed by atoms with van der Waals surface area (Å²) in [5.41, 5.74) is 1.10. The molecule has 4 aliphatic carbocycles. The van der Waals surface area contributed by atoms with E-state index >= 15 is 0 Å². The monoisotopic (exact) mass is 389 g/mol. The highest BCUT2D eigenvalue weighted by molar-refractivity contribution is 7.09. The average Bonchev–Trinajstić information content (AvgIpc) is 2.89. The van der Waals surface area contributed by atoms with E-state index in [1.165, 1.54) is 29.8 Å². The SMILES string of the molecule is Cc1sc(=NC(=O)C23CC4CC(CC(C4)C2)C3)n(CN2CCOCC2)c1C. The van der Waals surface area contributed by atoms with Crippen molar-refractivity contribution in [2.24, 2.45) is 28.2 Å². The van der Waals surface area contributed by atoms with E-state index in [1.54, 1.807) is 11.3 Å². The molecule has 2 heterocycles. The minimum Gasteiger partial charge on any atom is -0.379 e. The van der Waals surface area contributed by atoms with Crippen molar-refractivity contribution in [1.82, 2.24) is 9.47 Å². The van der Waals surface area contributed by atoms with Gasteiger partial charge in [0, 0.05) is 23.7 Å². The Morgan fingerprint density at radius 2 is 1.70 bits per heavy atom. The molecular weight excluding hydrogens is 358 g/mol. The highest BCUT2D eigenvalue weighted by atomic mass is 32.1. The zero-order valence-electron chi connectivity index (χ0n) is 16.6. The number of hydrogen-bond acceptors (Lipinski definition) is 4. The molecule has 5 nitrogen and oxygen atoms in total. The van der Waals surface area contributed by atoms with E-state index in [9.17, 15) is 4.79 Å². The van der Waals surface area contributed by atoms with Crippen molar-refractivity contribution in [3.8, 4) is 0 Å². The number of aromatic nitrogens is 1. The molecule has 1 aliphatic heterocycles. The van der Waals surface area contributed by atoms with Gasteiger partial charge in [-0.15, -0.1) is 11.3 Å². The Morgan fingerprint density at radius 1 is 1.11 bits per heavy atom. The topological polar surface area (TPSA) is 46.8 Å². The van der Waals surface area contributed by atoms with Crippen LogP contribution in [0, 0.1) is 37.0 Å². The van der Waals surface area contributed by atoms with Crippen LogP contribution >= 0.6 is 11.3 Å². The first kappa shape index (κ1) is 18.1. The first-order chi connectivity index (χ1) is 13.0. The Balaban J connectivity index is 1.44. The van der Waals surface area contributed by atoms with E-state index in [4.69, 9.17) is 9.73 Å². The number of amides is 1. The van der Waals surface area contributed by atoms with Crippen molar-refractivity contribution in [3.63, 3.8) is 0 Å². The molecule has 5 fully saturated rings. The second kappa shape index (κ2) is 6.82. The number of ether oxygens (including phenoxy) is 1. The van der Waals surface area contributed by atoms with Crippen LogP contribution in [0.1, 0.15) is 49.1 Å². The molecule has 1 aromatic heterocycles. The number of hydrogen-bond donors (Lipinski definition) is 0. The summed E-state index contributed by atoms with van der Waals surface area (Å²) in [5, 5.41) is 0. The van der Waals surface area contributed by atoms with Gasteiger partial charge in [-0.05, 0) is 70.1 Å². The molecule has 1 amide bonds. The molecule has 0 atom stereocenters. The van der Waals surface area contributed by atoms with Crippen LogP contribution in [-0.2, 0) is 16.2 Å². The molecule has 4 bridgehead atoms. The lowest BCUT2D eigenvalue weighted by molar-refractivity contribution is -0.142. The van der Waals surface area contributed by atoms with Crippen molar-refractivity contribution in [2.75, 3.05) is 26.3 Å². The molecule has 4 saturated carbocycles. The van der Waals surface area contributed by atoms with Gasteiger partial charge in [-0.2, -0.15) is 4.99 Å². The maximum atomic E-state index is 13.4. The second-order valence-electron chi connectivity index (χ2n) is 9.44.